The van der Waals surface area contributed by atoms with Gasteiger partial charge in [0.1, 0.15) is 0 Å². The Balaban J connectivity index is 1.51. The molecule has 0 N–H and O–H groups in total. The Labute approximate surface area is 131 Å². The standard InChI is InChI=1S/C16H24N4O2/c21-16-2-1-5-18(16)10-15-11-19(13-3-6-22-7-4-13)9-14-8-17-12-20(14)15/h8,12-13,15H,1-7,9-11H2/t15-/m1/s1. The molecule has 0 bridgehead atoms. The van der Waals surface area contributed by atoms with E-state index in [9.17, 15) is 4.79 Å². The Morgan fingerprint density at radius 1 is 1.32 bits per heavy atom. The molecule has 2 saturated heterocycles. The minimum atomic E-state index is 0.310. The molecule has 0 aromatic carbocycles. The number of carbonyl (C=O) groups excluding carboxylic acids is 1. The van der Waals surface area contributed by atoms with Crippen LogP contribution in [0, 0.1) is 0 Å². The van der Waals surface area contributed by atoms with E-state index in [4.69, 9.17) is 4.74 Å². The van der Waals surface area contributed by atoms with E-state index in [1.54, 1.807) is 0 Å². The van der Waals surface area contributed by atoms with E-state index in [2.05, 4.69) is 14.5 Å². The fourth-order valence-corrected chi connectivity index (χ4v) is 4.04. The highest BCUT2D eigenvalue weighted by atomic mass is 16.5. The van der Waals surface area contributed by atoms with Crippen molar-refractivity contribution in [2.45, 2.75) is 44.3 Å². The number of fused-ring (bicyclic) bond motifs is 1. The fourth-order valence-electron chi connectivity index (χ4n) is 4.04. The molecule has 120 valence electrons. The Bertz CT molecular complexity index is 538. The van der Waals surface area contributed by atoms with E-state index in [1.165, 1.54) is 5.69 Å². The van der Waals surface area contributed by atoms with Crippen LogP contribution in [0.3, 0.4) is 0 Å². The summed E-state index contributed by atoms with van der Waals surface area (Å²) in [6.07, 6.45) is 7.86. The van der Waals surface area contributed by atoms with Crippen molar-refractivity contribution in [2.24, 2.45) is 0 Å². The number of aromatic nitrogens is 2. The van der Waals surface area contributed by atoms with Crippen LogP contribution in [0.2, 0.25) is 0 Å². The van der Waals surface area contributed by atoms with Gasteiger partial charge in [-0.15, -0.1) is 0 Å². The second kappa shape index (κ2) is 6.01. The molecule has 2 fully saturated rings. The number of ether oxygens (including phenoxy) is 1. The molecule has 6 heteroatoms. The highest BCUT2D eigenvalue weighted by Crippen LogP contribution is 2.27. The monoisotopic (exact) mass is 304 g/mol. The van der Waals surface area contributed by atoms with Crippen LogP contribution in [0.5, 0.6) is 0 Å². The van der Waals surface area contributed by atoms with Gasteiger partial charge < -0.3 is 14.2 Å². The maximum atomic E-state index is 12.0. The first kappa shape index (κ1) is 14.2. The highest BCUT2D eigenvalue weighted by Gasteiger charge is 2.33. The fraction of sp³-hybridized carbons (Fsp3) is 0.750. The van der Waals surface area contributed by atoms with Gasteiger partial charge in [0.25, 0.3) is 0 Å². The summed E-state index contributed by atoms with van der Waals surface area (Å²) in [5.41, 5.74) is 1.27. The molecule has 1 atom stereocenters. The van der Waals surface area contributed by atoms with Gasteiger partial charge in [-0.05, 0) is 19.3 Å². The van der Waals surface area contributed by atoms with Gasteiger partial charge in [-0.2, -0.15) is 0 Å². The molecule has 0 aliphatic carbocycles. The molecule has 1 aromatic rings. The summed E-state index contributed by atoms with van der Waals surface area (Å²) in [5, 5.41) is 0. The molecule has 6 nitrogen and oxygen atoms in total. The van der Waals surface area contributed by atoms with Crippen LogP contribution in [0.1, 0.15) is 37.4 Å². The van der Waals surface area contributed by atoms with Crippen molar-refractivity contribution in [1.29, 1.82) is 0 Å². The van der Waals surface area contributed by atoms with E-state index in [0.717, 1.165) is 58.7 Å². The number of carbonyl (C=O) groups is 1. The van der Waals surface area contributed by atoms with E-state index >= 15 is 0 Å². The van der Waals surface area contributed by atoms with Gasteiger partial charge in [-0.25, -0.2) is 4.98 Å². The number of hydrogen-bond acceptors (Lipinski definition) is 4. The second-order valence-corrected chi connectivity index (χ2v) is 6.66. The van der Waals surface area contributed by atoms with Crippen molar-refractivity contribution in [3.8, 4) is 0 Å². The van der Waals surface area contributed by atoms with Crippen LogP contribution in [-0.2, 0) is 16.1 Å². The Hall–Kier alpha value is -1.40. The normalized spacial score (nSPS) is 27.4. The average molecular weight is 304 g/mol. The molecule has 4 heterocycles. The molecular formula is C16H24N4O2. The summed E-state index contributed by atoms with van der Waals surface area (Å²) in [4.78, 5) is 20.9. The Morgan fingerprint density at radius 2 is 2.18 bits per heavy atom. The lowest BCUT2D eigenvalue weighted by Gasteiger charge is -2.41. The predicted octanol–water partition coefficient (Wildman–Crippen LogP) is 1.04. The van der Waals surface area contributed by atoms with Gasteiger partial charge in [0.05, 0.1) is 18.1 Å². The SMILES string of the molecule is O=C1CCCN1C[C@@H]1CN(C2CCOCC2)Cc2cncn21. The van der Waals surface area contributed by atoms with Gasteiger partial charge in [0.2, 0.25) is 5.91 Å². The number of nitrogens with zero attached hydrogens (tertiary/aromatic N) is 4. The molecule has 3 aliphatic heterocycles. The van der Waals surface area contributed by atoms with Gasteiger partial charge >= 0.3 is 0 Å². The molecule has 4 rings (SSSR count). The molecule has 0 spiro atoms. The first-order chi connectivity index (χ1) is 10.8. The first-order valence-corrected chi connectivity index (χ1v) is 8.41. The van der Waals surface area contributed by atoms with Crippen LogP contribution in [0.4, 0.5) is 0 Å². The zero-order valence-electron chi connectivity index (χ0n) is 13.0. The minimum Gasteiger partial charge on any atom is -0.381 e. The van der Waals surface area contributed by atoms with Crippen LogP contribution in [-0.4, -0.2) is 64.1 Å². The van der Waals surface area contributed by atoms with E-state index in [-0.39, 0.29) is 0 Å². The largest absolute Gasteiger partial charge is 0.381 e. The third-order valence-electron chi connectivity index (χ3n) is 5.26. The first-order valence-electron chi connectivity index (χ1n) is 8.41. The van der Waals surface area contributed by atoms with E-state index in [1.807, 2.05) is 17.4 Å². The molecule has 1 aromatic heterocycles. The molecule has 1 amide bonds. The summed E-state index contributed by atoms with van der Waals surface area (Å²) >= 11 is 0. The number of likely N-dealkylation sites (tertiary alicyclic amines) is 1. The molecular weight excluding hydrogens is 280 g/mol. The van der Waals surface area contributed by atoms with Crippen LogP contribution in [0.25, 0.3) is 0 Å². The van der Waals surface area contributed by atoms with Crippen molar-refractivity contribution >= 4 is 5.91 Å². The Morgan fingerprint density at radius 3 is 2.95 bits per heavy atom. The van der Waals surface area contributed by atoms with Crippen molar-refractivity contribution in [3.05, 3.63) is 18.2 Å². The number of imidazole rings is 1. The Kier molecular flexibility index (Phi) is 3.88. The van der Waals surface area contributed by atoms with Gasteiger partial charge in [0.15, 0.2) is 0 Å². The van der Waals surface area contributed by atoms with E-state index in [0.29, 0.717) is 24.4 Å². The van der Waals surface area contributed by atoms with Crippen LogP contribution in [0.15, 0.2) is 12.5 Å². The maximum Gasteiger partial charge on any atom is 0.222 e. The van der Waals surface area contributed by atoms with Crippen molar-refractivity contribution in [1.82, 2.24) is 19.4 Å². The zero-order valence-corrected chi connectivity index (χ0v) is 13.0. The lowest BCUT2D eigenvalue weighted by Crippen LogP contribution is -2.48. The summed E-state index contributed by atoms with van der Waals surface area (Å²) < 4.78 is 7.78. The number of rotatable bonds is 3. The molecule has 0 radical (unpaired) electrons. The van der Waals surface area contributed by atoms with Crippen molar-refractivity contribution in [2.75, 3.05) is 32.8 Å². The van der Waals surface area contributed by atoms with E-state index < -0.39 is 0 Å². The highest BCUT2D eigenvalue weighted by molar-refractivity contribution is 5.78. The molecule has 22 heavy (non-hydrogen) atoms. The van der Waals surface area contributed by atoms with Gasteiger partial charge in [-0.1, -0.05) is 0 Å². The second-order valence-electron chi connectivity index (χ2n) is 6.66. The van der Waals surface area contributed by atoms with Crippen LogP contribution < -0.4 is 0 Å². The van der Waals surface area contributed by atoms with Gasteiger partial charge in [-0.3, -0.25) is 9.69 Å². The number of amides is 1. The van der Waals surface area contributed by atoms with Crippen LogP contribution >= 0.6 is 0 Å². The van der Waals surface area contributed by atoms with Gasteiger partial charge in [0, 0.05) is 58.1 Å². The lowest BCUT2D eigenvalue weighted by molar-refractivity contribution is -0.128. The minimum absolute atomic E-state index is 0.310. The average Bonchev–Trinajstić information content (AvgIpc) is 3.17. The summed E-state index contributed by atoms with van der Waals surface area (Å²) in [5.74, 6) is 0.310. The maximum absolute atomic E-state index is 12.0. The topological polar surface area (TPSA) is 50.6 Å². The number of hydrogen-bond donors (Lipinski definition) is 0. The summed E-state index contributed by atoms with van der Waals surface area (Å²) in [6.45, 7) is 5.46. The molecule has 3 aliphatic rings. The predicted molar refractivity (Wildman–Crippen MR) is 81.3 cm³/mol. The molecule has 0 saturated carbocycles. The quantitative estimate of drug-likeness (QED) is 0.837. The third-order valence-corrected chi connectivity index (χ3v) is 5.26. The summed E-state index contributed by atoms with van der Waals surface area (Å²) in [6, 6.07) is 0.935. The third kappa shape index (κ3) is 2.65. The zero-order chi connectivity index (χ0) is 14.9. The molecule has 0 unspecified atom stereocenters. The smallest absolute Gasteiger partial charge is 0.222 e. The van der Waals surface area contributed by atoms with Crippen molar-refractivity contribution < 1.29 is 9.53 Å². The van der Waals surface area contributed by atoms with Crippen molar-refractivity contribution in [3.63, 3.8) is 0 Å². The summed E-state index contributed by atoms with van der Waals surface area (Å²) in [7, 11) is 0. The lowest BCUT2D eigenvalue weighted by atomic mass is 10.0.